The van der Waals surface area contributed by atoms with Gasteiger partial charge in [-0.3, -0.25) is 0 Å². The molecule has 0 aromatic heterocycles. The molecule has 1 saturated carbocycles. The number of hydrogen-bond acceptors (Lipinski definition) is 2. The van der Waals surface area contributed by atoms with Crippen LogP contribution in [-0.2, 0) is 0 Å². The highest BCUT2D eigenvalue weighted by molar-refractivity contribution is 6.26. The molecule has 0 spiro atoms. The van der Waals surface area contributed by atoms with Crippen molar-refractivity contribution < 1.29 is 0 Å². The first-order valence-corrected chi connectivity index (χ1v) is 24.4. The summed E-state index contributed by atoms with van der Waals surface area (Å²) in [4.78, 5) is 5.27. The van der Waals surface area contributed by atoms with Gasteiger partial charge >= 0.3 is 0 Å². The smallest absolute Gasteiger partial charge is 0.0620 e. The highest BCUT2D eigenvalue weighted by Crippen LogP contribution is 2.52. The topological polar surface area (TPSA) is 6.48 Å². The second-order valence-electron chi connectivity index (χ2n) is 19.2. The molecule has 11 rings (SSSR count). The third kappa shape index (κ3) is 8.71. The van der Waals surface area contributed by atoms with E-state index in [1.54, 1.807) is 0 Å². The van der Waals surface area contributed by atoms with Crippen molar-refractivity contribution >= 4 is 89.8 Å². The molecule has 0 bridgehead atoms. The van der Waals surface area contributed by atoms with Crippen LogP contribution in [0.2, 0.25) is 0 Å². The zero-order valence-electron chi connectivity index (χ0n) is 39.7. The van der Waals surface area contributed by atoms with Crippen molar-refractivity contribution in [2.45, 2.75) is 59.4 Å². The van der Waals surface area contributed by atoms with E-state index in [4.69, 9.17) is 0 Å². The maximum absolute atomic E-state index is 2.75. The van der Waals surface area contributed by atoms with Crippen molar-refractivity contribution in [2.75, 3.05) is 9.80 Å². The van der Waals surface area contributed by atoms with Crippen molar-refractivity contribution in [1.29, 1.82) is 0 Å². The van der Waals surface area contributed by atoms with Crippen LogP contribution < -0.4 is 9.80 Å². The normalized spacial score (nSPS) is 15.3. The molecule has 332 valence electrons. The van der Waals surface area contributed by atoms with Gasteiger partial charge in [0.25, 0.3) is 0 Å². The summed E-state index contributed by atoms with van der Waals surface area (Å²) in [5.74, 6) is 0.545. The first-order chi connectivity index (χ1) is 33.3. The zero-order valence-corrected chi connectivity index (χ0v) is 39.7. The Hall–Kier alpha value is -7.68. The standard InChI is InChI=1S/C66H58N2/c1-45-13-21-49(22-14-45)25-27-51-29-37-59(38-30-51)67(57-33-17-47(3)18-34-57)65-61-41-53-9-5-7-11-55(53)43-63(61)66(64-44-56-12-8-6-10-54(56)42-62(64)65)68(58-35-19-48(4)20-36-58)60-39-31-52(32-40-60)28-26-50-23-15-46(2)16-24-50/h5-30,33-38,41-44,52,60H,31-32,39-40H2,1-4H3/b27-25+,28-26+. The molecule has 2 heteroatoms. The lowest BCUT2D eigenvalue weighted by atomic mass is 9.83. The number of aryl methyl sites for hydroxylation is 4. The predicted octanol–water partition coefficient (Wildman–Crippen LogP) is 18.6. The van der Waals surface area contributed by atoms with Crippen molar-refractivity contribution in [3.63, 3.8) is 0 Å². The molecule has 2 nitrogen and oxygen atoms in total. The fourth-order valence-electron chi connectivity index (χ4n) is 10.5. The van der Waals surface area contributed by atoms with Gasteiger partial charge in [0.1, 0.15) is 0 Å². The largest absolute Gasteiger partial charge is 0.337 e. The molecular weight excluding hydrogens is 821 g/mol. The van der Waals surface area contributed by atoms with Gasteiger partial charge < -0.3 is 9.80 Å². The van der Waals surface area contributed by atoms with Crippen LogP contribution in [0.15, 0.2) is 200 Å². The Morgan fingerprint density at radius 3 is 1.12 bits per heavy atom. The van der Waals surface area contributed by atoms with Gasteiger partial charge in [0.2, 0.25) is 0 Å². The minimum absolute atomic E-state index is 0.311. The summed E-state index contributed by atoms with van der Waals surface area (Å²) in [6.07, 6.45) is 13.7. The van der Waals surface area contributed by atoms with Crippen LogP contribution in [0.25, 0.3) is 61.3 Å². The van der Waals surface area contributed by atoms with E-state index in [0.29, 0.717) is 12.0 Å². The molecule has 10 aromatic rings. The highest BCUT2D eigenvalue weighted by Gasteiger charge is 2.31. The number of benzene rings is 10. The Balaban J connectivity index is 1.14. The average Bonchev–Trinajstić information content (AvgIpc) is 3.37. The Bertz CT molecular complexity index is 3360. The van der Waals surface area contributed by atoms with E-state index in [0.717, 1.165) is 42.6 Å². The van der Waals surface area contributed by atoms with Crippen molar-refractivity contribution in [3.8, 4) is 0 Å². The van der Waals surface area contributed by atoms with E-state index in [2.05, 4.69) is 256 Å². The molecule has 0 N–H and O–H groups in total. The minimum atomic E-state index is 0.311. The zero-order chi connectivity index (χ0) is 46.1. The second kappa shape index (κ2) is 18.5. The summed E-state index contributed by atoms with van der Waals surface area (Å²) in [6, 6.07) is 73.2. The number of allylic oxidation sites excluding steroid dienone is 1. The van der Waals surface area contributed by atoms with Crippen LogP contribution in [0, 0.1) is 33.6 Å². The SMILES string of the molecule is Cc1ccc(/C=C/c2ccc(N(c3ccc(C)cc3)c3c4cc5ccccc5cc4c(N(c4ccc(C)cc4)C4CCC(/C=C/c5ccc(C)cc5)CC4)c4cc5ccccc5cc34)cc2)cc1. The lowest BCUT2D eigenvalue weighted by Crippen LogP contribution is -2.35. The Morgan fingerprint density at radius 2 is 0.691 bits per heavy atom. The summed E-state index contributed by atoms with van der Waals surface area (Å²) in [7, 11) is 0. The number of rotatable bonds is 10. The molecule has 10 aromatic carbocycles. The van der Waals surface area contributed by atoms with Gasteiger partial charge in [-0.25, -0.2) is 0 Å². The molecule has 0 aliphatic heterocycles. The molecule has 0 amide bonds. The molecule has 1 aliphatic carbocycles. The third-order valence-corrected chi connectivity index (χ3v) is 14.3. The van der Waals surface area contributed by atoms with Crippen LogP contribution in [-0.4, -0.2) is 6.04 Å². The predicted molar refractivity (Wildman–Crippen MR) is 295 cm³/mol. The van der Waals surface area contributed by atoms with Crippen molar-refractivity contribution in [1.82, 2.24) is 0 Å². The summed E-state index contributed by atoms with van der Waals surface area (Å²) < 4.78 is 0. The number of hydrogen-bond donors (Lipinski definition) is 0. The maximum Gasteiger partial charge on any atom is 0.0620 e. The lowest BCUT2D eigenvalue weighted by molar-refractivity contribution is 0.373. The van der Waals surface area contributed by atoms with E-state index in [-0.39, 0.29) is 0 Å². The molecule has 0 atom stereocenters. The monoisotopic (exact) mass is 878 g/mol. The third-order valence-electron chi connectivity index (χ3n) is 14.3. The minimum Gasteiger partial charge on any atom is -0.337 e. The van der Waals surface area contributed by atoms with Crippen LogP contribution in [0.3, 0.4) is 0 Å². The molecule has 0 saturated heterocycles. The summed E-state index contributed by atoms with van der Waals surface area (Å²) in [5, 5.41) is 9.94. The van der Waals surface area contributed by atoms with E-state index in [9.17, 15) is 0 Å². The first kappa shape index (κ1) is 42.9. The van der Waals surface area contributed by atoms with Gasteiger partial charge in [-0.1, -0.05) is 180 Å². The second-order valence-corrected chi connectivity index (χ2v) is 19.2. The fourth-order valence-corrected chi connectivity index (χ4v) is 10.5. The van der Waals surface area contributed by atoms with Crippen molar-refractivity contribution in [3.05, 3.63) is 239 Å². The molecule has 0 unspecified atom stereocenters. The van der Waals surface area contributed by atoms with Gasteiger partial charge in [0.05, 0.1) is 11.4 Å². The molecule has 0 heterocycles. The van der Waals surface area contributed by atoms with Gasteiger partial charge in [-0.15, -0.1) is 0 Å². The Morgan fingerprint density at radius 1 is 0.353 bits per heavy atom. The number of anilines is 5. The highest BCUT2D eigenvalue weighted by atomic mass is 15.2. The van der Waals surface area contributed by atoms with E-state index in [1.807, 2.05) is 0 Å². The average molecular weight is 879 g/mol. The molecule has 1 aliphatic rings. The quantitative estimate of drug-likeness (QED) is 0.0767. The van der Waals surface area contributed by atoms with Gasteiger partial charge in [-0.05, 0) is 158 Å². The Labute approximate surface area is 402 Å². The Kier molecular flexibility index (Phi) is 11.7. The van der Waals surface area contributed by atoms with Gasteiger partial charge in [0.15, 0.2) is 0 Å². The maximum atomic E-state index is 2.75. The fraction of sp³-hybridized carbons (Fsp3) is 0.152. The number of nitrogens with zero attached hydrogens (tertiary/aromatic N) is 2. The molecule has 0 radical (unpaired) electrons. The van der Waals surface area contributed by atoms with Crippen LogP contribution in [0.4, 0.5) is 28.4 Å². The van der Waals surface area contributed by atoms with Crippen molar-refractivity contribution in [2.24, 2.45) is 5.92 Å². The van der Waals surface area contributed by atoms with E-state index in [1.165, 1.54) is 93.5 Å². The van der Waals surface area contributed by atoms with E-state index < -0.39 is 0 Å². The van der Waals surface area contributed by atoms with Gasteiger partial charge in [0, 0.05) is 44.6 Å². The lowest BCUT2D eigenvalue weighted by Gasteiger charge is -2.40. The molecular formula is C66H58N2. The molecule has 1 fully saturated rings. The molecule has 68 heavy (non-hydrogen) atoms. The van der Waals surface area contributed by atoms with Crippen LogP contribution in [0.1, 0.15) is 64.6 Å². The van der Waals surface area contributed by atoms with Crippen LogP contribution >= 0.6 is 0 Å². The first-order valence-electron chi connectivity index (χ1n) is 24.4. The van der Waals surface area contributed by atoms with Gasteiger partial charge in [-0.2, -0.15) is 0 Å². The van der Waals surface area contributed by atoms with Crippen LogP contribution in [0.5, 0.6) is 0 Å². The summed E-state index contributed by atoms with van der Waals surface area (Å²) in [6.45, 7) is 8.67. The summed E-state index contributed by atoms with van der Waals surface area (Å²) >= 11 is 0. The summed E-state index contributed by atoms with van der Waals surface area (Å²) in [5.41, 5.74) is 14.7. The number of fused-ring (bicyclic) bond motifs is 4. The van der Waals surface area contributed by atoms with E-state index >= 15 is 0 Å².